The smallest absolute Gasteiger partial charge is 0.360 e. The van der Waals surface area contributed by atoms with Gasteiger partial charge in [-0.3, -0.25) is 0 Å². The molecule has 3 aromatic carbocycles. The highest BCUT2D eigenvalue weighted by Gasteiger charge is 2.38. The molecule has 186 valence electrons. The summed E-state index contributed by atoms with van der Waals surface area (Å²) in [7, 11) is -2.32. The molecule has 0 fully saturated rings. The van der Waals surface area contributed by atoms with E-state index in [1.165, 1.54) is 32.4 Å². The maximum Gasteiger partial charge on any atom is 0.360 e. The van der Waals surface area contributed by atoms with E-state index in [4.69, 9.17) is 21.1 Å². The van der Waals surface area contributed by atoms with Crippen LogP contribution in [0, 0.1) is 11.6 Å². The molecule has 0 spiro atoms. The molecule has 0 aliphatic heterocycles. The van der Waals surface area contributed by atoms with Crippen LogP contribution in [0.5, 0.6) is 11.5 Å². The van der Waals surface area contributed by atoms with Gasteiger partial charge >= 0.3 is 5.97 Å². The Morgan fingerprint density at radius 1 is 1.03 bits per heavy atom. The fourth-order valence-electron chi connectivity index (χ4n) is 3.37. The highest BCUT2D eigenvalue weighted by Crippen LogP contribution is 2.36. The van der Waals surface area contributed by atoms with Crippen LogP contribution in [0.1, 0.15) is 11.1 Å². The molecule has 3 aromatic rings. The van der Waals surface area contributed by atoms with E-state index in [1.54, 1.807) is 0 Å². The van der Waals surface area contributed by atoms with E-state index in [0.29, 0.717) is 0 Å². The number of carboxylic acids is 1. The first kappa shape index (κ1) is 26.2. The van der Waals surface area contributed by atoms with Crippen molar-refractivity contribution in [3.63, 3.8) is 0 Å². The van der Waals surface area contributed by atoms with Crippen LogP contribution in [0.2, 0.25) is 5.02 Å². The van der Waals surface area contributed by atoms with Crippen molar-refractivity contribution >= 4 is 33.3 Å². The number of aliphatic carboxylic acids is 1. The summed E-state index contributed by atoms with van der Waals surface area (Å²) in [5, 5.41) is 9.41. The minimum absolute atomic E-state index is 0.0102. The predicted octanol–water partition coefficient (Wildman–Crippen LogP) is 4.80. The summed E-state index contributed by atoms with van der Waals surface area (Å²) in [5.41, 5.74) is -1.04. The first-order valence-corrected chi connectivity index (χ1v) is 11.7. The molecule has 7 nitrogen and oxygen atoms in total. The van der Waals surface area contributed by atoms with Crippen LogP contribution in [0.25, 0.3) is 0 Å². The van der Waals surface area contributed by atoms with E-state index in [0.717, 1.165) is 36.4 Å². The zero-order valence-corrected chi connectivity index (χ0v) is 19.9. The third kappa shape index (κ3) is 5.30. The molecule has 1 unspecified atom stereocenters. The average Bonchev–Trinajstić information content (AvgIpc) is 2.82. The monoisotopic (exact) mass is 529 g/mol. The van der Waals surface area contributed by atoms with E-state index in [1.807, 2.05) is 0 Å². The number of halogens is 4. The second kappa shape index (κ2) is 10.4. The normalized spacial score (nSPS) is 12.2. The number of alkyl halides is 1. The van der Waals surface area contributed by atoms with Crippen LogP contribution in [0.3, 0.4) is 0 Å². The number of methoxy groups -OCH3 is 2. The number of nitrogens with zero attached hydrogens (tertiary/aromatic N) is 1. The zero-order chi connectivity index (χ0) is 25.9. The zero-order valence-electron chi connectivity index (χ0n) is 18.3. The highest BCUT2D eigenvalue weighted by molar-refractivity contribution is 7.93. The standard InChI is InChI=1S/C23H19ClF3NO6S/c1-33-20-9-7-15(12-21(20)34-2)35(31,32)28(22(27)23(29)30)19-8-6-14(24)10-13(19)11-16-17(25)4-3-5-18(16)26/h3-10,12,22H,11H2,1-2H3,(H,29,30). The first-order valence-electron chi connectivity index (χ1n) is 9.86. The van der Waals surface area contributed by atoms with Gasteiger partial charge in [-0.1, -0.05) is 17.7 Å². The van der Waals surface area contributed by atoms with Crippen molar-refractivity contribution in [2.24, 2.45) is 0 Å². The van der Waals surface area contributed by atoms with Crippen molar-refractivity contribution in [1.82, 2.24) is 0 Å². The summed E-state index contributed by atoms with van der Waals surface area (Å²) in [5.74, 6) is -3.80. The molecule has 0 aromatic heterocycles. The van der Waals surface area contributed by atoms with Gasteiger partial charge in [-0.2, -0.15) is 0 Å². The maximum absolute atomic E-state index is 15.1. The lowest BCUT2D eigenvalue weighted by atomic mass is 10.0. The van der Waals surface area contributed by atoms with E-state index in [9.17, 15) is 27.1 Å². The molecule has 0 heterocycles. The fraction of sp³-hybridized carbons (Fsp3) is 0.174. The van der Waals surface area contributed by atoms with Crippen molar-refractivity contribution in [2.75, 3.05) is 18.5 Å². The number of hydrogen-bond donors (Lipinski definition) is 1. The largest absolute Gasteiger partial charge is 0.493 e. The van der Waals surface area contributed by atoms with Gasteiger partial charge in [-0.25, -0.2) is 30.7 Å². The molecular formula is C23H19ClF3NO6S. The Labute approximate surface area is 204 Å². The van der Waals surface area contributed by atoms with E-state index in [-0.39, 0.29) is 26.4 Å². The number of carboxylic acid groups (broad SMARTS) is 1. The number of sulfonamides is 1. The summed E-state index contributed by atoms with van der Waals surface area (Å²) in [4.78, 5) is 11.1. The predicted molar refractivity (Wildman–Crippen MR) is 122 cm³/mol. The van der Waals surface area contributed by atoms with Crippen LogP contribution < -0.4 is 13.8 Å². The lowest BCUT2D eigenvalue weighted by molar-refractivity contribution is -0.142. The molecule has 0 aliphatic carbocycles. The van der Waals surface area contributed by atoms with Crippen molar-refractivity contribution in [2.45, 2.75) is 17.6 Å². The summed E-state index contributed by atoms with van der Waals surface area (Å²) < 4.78 is 80.9. The second-order valence-electron chi connectivity index (χ2n) is 7.14. The summed E-state index contributed by atoms with van der Waals surface area (Å²) in [6, 6.07) is 9.92. The lowest BCUT2D eigenvalue weighted by Gasteiger charge is -2.28. The molecule has 3 rings (SSSR count). The maximum atomic E-state index is 15.1. The summed E-state index contributed by atoms with van der Waals surface area (Å²) in [6.07, 6.45) is -3.63. The van der Waals surface area contributed by atoms with Crippen LogP contribution in [-0.4, -0.2) is 40.0 Å². The number of anilines is 1. The van der Waals surface area contributed by atoms with Crippen LogP contribution >= 0.6 is 11.6 Å². The van der Waals surface area contributed by atoms with Crippen molar-refractivity contribution in [1.29, 1.82) is 0 Å². The first-order chi connectivity index (χ1) is 16.5. The van der Waals surface area contributed by atoms with Crippen molar-refractivity contribution in [3.05, 3.63) is 82.4 Å². The van der Waals surface area contributed by atoms with Gasteiger partial charge in [0.1, 0.15) is 11.6 Å². The summed E-state index contributed by atoms with van der Waals surface area (Å²) in [6.45, 7) is 0. The lowest BCUT2D eigenvalue weighted by Crippen LogP contribution is -2.43. The molecule has 12 heteroatoms. The minimum Gasteiger partial charge on any atom is -0.493 e. The van der Waals surface area contributed by atoms with Gasteiger partial charge in [0.15, 0.2) is 11.5 Å². The van der Waals surface area contributed by atoms with Gasteiger partial charge in [0.2, 0.25) is 0 Å². The van der Waals surface area contributed by atoms with Gasteiger partial charge in [0, 0.05) is 23.1 Å². The molecule has 1 atom stereocenters. The average molecular weight is 530 g/mol. The fourth-order valence-corrected chi connectivity index (χ4v) is 5.06. The molecule has 0 aliphatic rings. The number of ether oxygens (including phenoxy) is 2. The number of hydrogen-bond acceptors (Lipinski definition) is 5. The molecular weight excluding hydrogens is 511 g/mol. The number of benzene rings is 3. The topological polar surface area (TPSA) is 93.1 Å². The molecule has 35 heavy (non-hydrogen) atoms. The Morgan fingerprint density at radius 2 is 1.66 bits per heavy atom. The van der Waals surface area contributed by atoms with Crippen LogP contribution in [0.15, 0.2) is 59.5 Å². The minimum atomic E-state index is -4.89. The Bertz CT molecular complexity index is 1350. The second-order valence-corrected chi connectivity index (χ2v) is 9.39. The molecule has 0 saturated heterocycles. The molecule has 0 saturated carbocycles. The number of carbonyl (C=O) groups is 1. The Balaban J connectivity index is 2.24. The number of rotatable bonds is 9. The van der Waals surface area contributed by atoms with Gasteiger partial charge in [-0.15, -0.1) is 0 Å². The Kier molecular flexibility index (Phi) is 7.81. The molecule has 0 radical (unpaired) electrons. The third-order valence-corrected chi connectivity index (χ3v) is 7.01. The van der Waals surface area contributed by atoms with Crippen molar-refractivity contribution in [3.8, 4) is 11.5 Å². The van der Waals surface area contributed by atoms with Crippen LogP contribution in [-0.2, 0) is 21.2 Å². The summed E-state index contributed by atoms with van der Waals surface area (Å²) >= 11 is 6.02. The molecule has 0 bridgehead atoms. The van der Waals surface area contributed by atoms with Crippen molar-refractivity contribution < 1.29 is 41.0 Å². The van der Waals surface area contributed by atoms with Gasteiger partial charge in [0.05, 0.1) is 24.8 Å². The van der Waals surface area contributed by atoms with E-state index >= 15 is 4.39 Å². The van der Waals surface area contributed by atoms with Crippen LogP contribution in [0.4, 0.5) is 18.9 Å². The van der Waals surface area contributed by atoms with E-state index < -0.39 is 56.5 Å². The molecule has 1 N–H and O–H groups in total. The Morgan fingerprint density at radius 3 is 2.23 bits per heavy atom. The quantitative estimate of drug-likeness (QED) is 0.400. The van der Waals surface area contributed by atoms with E-state index in [2.05, 4.69) is 0 Å². The van der Waals surface area contributed by atoms with Gasteiger partial charge in [0.25, 0.3) is 16.3 Å². The highest BCUT2D eigenvalue weighted by atomic mass is 35.5. The SMILES string of the molecule is COc1ccc(S(=O)(=O)N(c2ccc(Cl)cc2Cc2c(F)cccc2F)C(F)C(=O)O)cc1OC. The molecule has 0 amide bonds. The van der Waals surface area contributed by atoms with Gasteiger partial charge < -0.3 is 14.6 Å². The van der Waals surface area contributed by atoms with Gasteiger partial charge in [-0.05, 0) is 48.0 Å². The Hall–Kier alpha value is -3.44. The third-order valence-electron chi connectivity index (χ3n) is 5.03.